The van der Waals surface area contributed by atoms with Gasteiger partial charge in [0.05, 0.1) is 19.9 Å². The lowest BCUT2D eigenvalue weighted by Gasteiger charge is -2.15. The van der Waals surface area contributed by atoms with Gasteiger partial charge in [0, 0.05) is 16.3 Å². The minimum Gasteiger partial charge on any atom is -0.495 e. The Morgan fingerprint density at radius 1 is 0.758 bits per heavy atom. The zero-order valence-electron chi connectivity index (χ0n) is 18.4. The van der Waals surface area contributed by atoms with Crippen molar-refractivity contribution in [3.63, 3.8) is 0 Å². The van der Waals surface area contributed by atoms with Gasteiger partial charge < -0.3 is 9.47 Å². The summed E-state index contributed by atoms with van der Waals surface area (Å²) < 4.78 is 15.2. The van der Waals surface area contributed by atoms with Crippen LogP contribution in [-0.4, -0.2) is 23.6 Å². The molecule has 1 aromatic heterocycles. The molecule has 0 aliphatic carbocycles. The number of hydrogen-bond acceptors (Lipinski definition) is 3. The Morgan fingerprint density at radius 3 is 1.97 bits per heavy atom. The number of para-hydroxylation sites is 1. The van der Waals surface area contributed by atoms with Crippen molar-refractivity contribution in [3.8, 4) is 29.0 Å². The molecule has 0 aliphatic heterocycles. The first-order chi connectivity index (χ1) is 16.2. The molecular formula is C28H22N2O3. The maximum Gasteiger partial charge on any atom is 0.279 e. The van der Waals surface area contributed by atoms with Gasteiger partial charge in [0.25, 0.3) is 5.56 Å². The monoisotopic (exact) mass is 434 g/mol. The molecule has 0 N–H and O–H groups in total. The van der Waals surface area contributed by atoms with Crippen LogP contribution in [0.15, 0.2) is 89.7 Å². The molecule has 4 aromatic carbocycles. The van der Waals surface area contributed by atoms with E-state index in [-0.39, 0.29) is 12.1 Å². The number of nitrogens with zero attached hydrogens (tertiary/aromatic N) is 2. The highest BCUT2D eigenvalue weighted by Gasteiger charge is 2.25. The van der Waals surface area contributed by atoms with Crippen molar-refractivity contribution in [2.24, 2.45) is 0 Å². The smallest absolute Gasteiger partial charge is 0.279 e. The lowest BCUT2D eigenvalue weighted by Crippen LogP contribution is -2.21. The van der Waals surface area contributed by atoms with Crippen LogP contribution in [0.3, 0.4) is 0 Å². The Balaban J connectivity index is 1.87. The molecule has 162 valence electrons. The molecular weight excluding hydrogens is 412 g/mol. The largest absolute Gasteiger partial charge is 0.495 e. The summed E-state index contributed by atoms with van der Waals surface area (Å²) in [5.41, 5.74) is 2.21. The van der Waals surface area contributed by atoms with Gasteiger partial charge in [0.15, 0.2) is 5.75 Å². The molecule has 0 unspecified atom stereocenters. The van der Waals surface area contributed by atoms with Gasteiger partial charge in [0.1, 0.15) is 23.2 Å². The fourth-order valence-electron chi connectivity index (χ4n) is 4.24. The number of ether oxygens (including phenoxy) is 2. The van der Waals surface area contributed by atoms with Crippen LogP contribution < -0.4 is 15.0 Å². The van der Waals surface area contributed by atoms with Gasteiger partial charge in [0.2, 0.25) is 0 Å². The van der Waals surface area contributed by atoms with E-state index in [9.17, 15) is 4.79 Å². The van der Waals surface area contributed by atoms with Crippen LogP contribution in [0, 0.1) is 11.8 Å². The van der Waals surface area contributed by atoms with E-state index in [1.165, 1.54) is 0 Å². The topological polar surface area (TPSA) is 45.4 Å². The van der Waals surface area contributed by atoms with E-state index in [0.717, 1.165) is 22.0 Å². The normalized spacial score (nSPS) is 10.7. The lowest BCUT2D eigenvalue weighted by molar-refractivity contribution is 0.416. The first-order valence-corrected chi connectivity index (χ1v) is 10.6. The van der Waals surface area contributed by atoms with Crippen LogP contribution in [0.2, 0.25) is 0 Å². The summed E-state index contributed by atoms with van der Waals surface area (Å²) in [6.07, 6.45) is 0. The SMILES string of the molecule is COc1c2ccccc2c(OC)c2c1c(=O)n(CC#Cc1ccccc1)n2-c1ccccc1. The van der Waals surface area contributed by atoms with E-state index in [1.54, 1.807) is 18.9 Å². The second-order valence-corrected chi connectivity index (χ2v) is 7.51. The number of hydrogen-bond donors (Lipinski definition) is 0. The maximum absolute atomic E-state index is 13.8. The summed E-state index contributed by atoms with van der Waals surface area (Å²) in [5.74, 6) is 7.46. The molecule has 0 aliphatic rings. The Labute approximate surface area is 191 Å². The molecule has 0 fully saturated rings. The van der Waals surface area contributed by atoms with Gasteiger partial charge in [-0.05, 0) is 24.3 Å². The standard InChI is InChI=1S/C28H22N2O3/c1-32-26-22-17-9-10-18-23(22)27(33-2)25-24(26)28(31)29(30(25)21-15-7-4-8-16-21)19-11-14-20-12-5-3-6-13-20/h3-10,12-13,15-18H,19H2,1-2H3. The van der Waals surface area contributed by atoms with Crippen molar-refractivity contribution >= 4 is 21.7 Å². The molecule has 0 saturated heterocycles. The third-order valence-corrected chi connectivity index (χ3v) is 5.64. The van der Waals surface area contributed by atoms with Gasteiger partial charge in [-0.2, -0.15) is 0 Å². The molecule has 5 heteroatoms. The molecule has 33 heavy (non-hydrogen) atoms. The van der Waals surface area contributed by atoms with Crippen LogP contribution in [0.25, 0.3) is 27.4 Å². The molecule has 5 nitrogen and oxygen atoms in total. The first kappa shape index (κ1) is 20.5. The fourth-order valence-corrected chi connectivity index (χ4v) is 4.24. The van der Waals surface area contributed by atoms with Crippen LogP contribution in [0.5, 0.6) is 11.5 Å². The van der Waals surface area contributed by atoms with Crippen molar-refractivity contribution in [3.05, 3.63) is 101 Å². The molecule has 5 aromatic rings. The fraction of sp³-hybridized carbons (Fsp3) is 0.107. The highest BCUT2D eigenvalue weighted by molar-refractivity contribution is 6.10. The van der Waals surface area contributed by atoms with Crippen LogP contribution >= 0.6 is 0 Å². The molecule has 0 saturated carbocycles. The van der Waals surface area contributed by atoms with E-state index in [2.05, 4.69) is 11.8 Å². The molecule has 0 amide bonds. The van der Waals surface area contributed by atoms with Crippen molar-refractivity contribution in [2.75, 3.05) is 14.2 Å². The summed E-state index contributed by atoms with van der Waals surface area (Å²) >= 11 is 0. The molecule has 5 rings (SSSR count). The van der Waals surface area contributed by atoms with E-state index in [4.69, 9.17) is 9.47 Å². The minimum atomic E-state index is -0.183. The van der Waals surface area contributed by atoms with Gasteiger partial charge in [-0.3, -0.25) is 4.79 Å². The molecule has 1 heterocycles. The van der Waals surface area contributed by atoms with Crippen LogP contribution in [0.4, 0.5) is 0 Å². The second kappa shape index (κ2) is 8.60. The predicted molar refractivity (Wildman–Crippen MR) is 131 cm³/mol. The van der Waals surface area contributed by atoms with Crippen molar-refractivity contribution in [1.29, 1.82) is 0 Å². The Morgan fingerprint density at radius 2 is 1.33 bits per heavy atom. The number of fused-ring (bicyclic) bond motifs is 2. The van der Waals surface area contributed by atoms with Gasteiger partial charge in [-0.1, -0.05) is 72.5 Å². The molecule has 0 radical (unpaired) electrons. The first-order valence-electron chi connectivity index (χ1n) is 10.6. The number of aromatic nitrogens is 2. The molecule has 0 bridgehead atoms. The number of methoxy groups -OCH3 is 2. The summed E-state index contributed by atoms with van der Waals surface area (Å²) in [7, 11) is 3.21. The van der Waals surface area contributed by atoms with Crippen molar-refractivity contribution in [1.82, 2.24) is 9.36 Å². The average molecular weight is 434 g/mol. The highest BCUT2D eigenvalue weighted by atomic mass is 16.5. The van der Waals surface area contributed by atoms with E-state index < -0.39 is 0 Å². The van der Waals surface area contributed by atoms with Crippen molar-refractivity contribution in [2.45, 2.75) is 6.54 Å². The zero-order valence-corrected chi connectivity index (χ0v) is 18.4. The van der Waals surface area contributed by atoms with Crippen LogP contribution in [-0.2, 0) is 6.54 Å². The lowest BCUT2D eigenvalue weighted by atomic mass is 10.0. The predicted octanol–water partition coefficient (Wildman–Crippen LogP) is 5.01. The van der Waals surface area contributed by atoms with E-state index >= 15 is 0 Å². The Kier molecular flexibility index (Phi) is 5.34. The average Bonchev–Trinajstić information content (AvgIpc) is 3.15. The number of rotatable bonds is 4. The van der Waals surface area contributed by atoms with Crippen molar-refractivity contribution < 1.29 is 9.47 Å². The summed E-state index contributed by atoms with van der Waals surface area (Å²) in [6, 6.07) is 27.3. The number of benzene rings is 4. The van der Waals surface area contributed by atoms with Gasteiger partial charge >= 0.3 is 0 Å². The molecule has 0 spiro atoms. The zero-order chi connectivity index (χ0) is 22.8. The Hall–Kier alpha value is -4.43. The van der Waals surface area contributed by atoms with Gasteiger partial charge in [-0.25, -0.2) is 9.36 Å². The molecule has 0 atom stereocenters. The second-order valence-electron chi connectivity index (χ2n) is 7.51. The third-order valence-electron chi connectivity index (χ3n) is 5.64. The maximum atomic E-state index is 13.8. The quantitative estimate of drug-likeness (QED) is 0.374. The Bertz CT molecular complexity index is 1570. The summed E-state index contributed by atoms with van der Waals surface area (Å²) in [6.45, 7) is 0.208. The van der Waals surface area contributed by atoms with E-state index in [0.29, 0.717) is 22.4 Å². The highest BCUT2D eigenvalue weighted by Crippen LogP contribution is 2.42. The summed E-state index contributed by atoms with van der Waals surface area (Å²) in [4.78, 5) is 13.8. The minimum absolute atomic E-state index is 0.183. The third kappa shape index (κ3) is 3.42. The van der Waals surface area contributed by atoms with E-state index in [1.807, 2.05) is 89.6 Å². The summed E-state index contributed by atoms with van der Waals surface area (Å²) in [5, 5.41) is 2.18. The van der Waals surface area contributed by atoms with Gasteiger partial charge in [-0.15, -0.1) is 0 Å². The van der Waals surface area contributed by atoms with Crippen LogP contribution in [0.1, 0.15) is 5.56 Å².